The molecule has 0 spiro atoms. The molecular formula is C16H15IN2O4. The van der Waals surface area contributed by atoms with E-state index in [1.54, 1.807) is 25.3 Å². The fourth-order valence-corrected chi connectivity index (χ4v) is 2.48. The minimum atomic E-state index is -0.731. The van der Waals surface area contributed by atoms with Crippen molar-refractivity contribution in [3.63, 3.8) is 0 Å². The summed E-state index contributed by atoms with van der Waals surface area (Å²) in [5.74, 6) is 0.236. The second-order valence-electron chi connectivity index (χ2n) is 4.49. The van der Waals surface area contributed by atoms with Crippen molar-refractivity contribution in [2.24, 2.45) is 0 Å². The fourth-order valence-electron chi connectivity index (χ4n) is 1.75. The Hall–Kier alpha value is -2.29. The Morgan fingerprint density at radius 1 is 1.09 bits per heavy atom. The molecule has 0 unspecified atom stereocenters. The van der Waals surface area contributed by atoms with Gasteiger partial charge in [0.05, 0.1) is 10.7 Å². The first kappa shape index (κ1) is 17.1. The molecule has 0 fully saturated rings. The highest BCUT2D eigenvalue weighted by Gasteiger charge is 2.10. The van der Waals surface area contributed by atoms with Crippen molar-refractivity contribution in [1.82, 2.24) is 10.9 Å². The molecule has 0 aliphatic heterocycles. The van der Waals surface area contributed by atoms with Crippen molar-refractivity contribution < 1.29 is 19.1 Å². The van der Waals surface area contributed by atoms with Crippen LogP contribution in [0.2, 0.25) is 0 Å². The van der Waals surface area contributed by atoms with E-state index in [1.807, 2.05) is 30.3 Å². The molecule has 2 amide bonds. The lowest BCUT2D eigenvalue weighted by Crippen LogP contribution is -2.41. The molecule has 2 N–H and O–H groups in total. The summed E-state index contributed by atoms with van der Waals surface area (Å²) in [6.45, 7) is 0.128. The number of halogens is 1. The largest absolute Gasteiger partial charge is 0.496 e. The van der Waals surface area contributed by atoms with Crippen molar-refractivity contribution in [1.29, 1.82) is 0 Å². The van der Waals surface area contributed by atoms with Crippen LogP contribution in [0.15, 0.2) is 48.5 Å². The molecule has 2 aromatic rings. The number of methoxy groups -OCH3 is 1. The zero-order chi connectivity index (χ0) is 16.7. The van der Waals surface area contributed by atoms with Crippen molar-refractivity contribution in [2.75, 3.05) is 7.11 Å². The van der Waals surface area contributed by atoms with Crippen LogP contribution in [0.3, 0.4) is 0 Å². The Kier molecular flexibility index (Phi) is 6.21. The van der Waals surface area contributed by atoms with E-state index in [1.165, 1.54) is 0 Å². The summed E-state index contributed by atoms with van der Waals surface area (Å²) >= 11 is 2.06. The molecular weight excluding hydrogens is 411 g/mol. The monoisotopic (exact) mass is 426 g/mol. The Morgan fingerprint density at radius 3 is 2.48 bits per heavy atom. The first-order valence-corrected chi connectivity index (χ1v) is 7.78. The van der Waals surface area contributed by atoms with Gasteiger partial charge in [-0.2, -0.15) is 0 Å². The summed E-state index contributed by atoms with van der Waals surface area (Å²) in [4.78, 5) is 23.5. The van der Waals surface area contributed by atoms with Gasteiger partial charge in [0.1, 0.15) is 12.4 Å². The van der Waals surface area contributed by atoms with Crippen LogP contribution in [0.4, 0.5) is 4.79 Å². The van der Waals surface area contributed by atoms with Gasteiger partial charge in [0, 0.05) is 5.56 Å². The maximum atomic E-state index is 11.9. The third-order valence-corrected chi connectivity index (χ3v) is 3.75. The predicted molar refractivity (Wildman–Crippen MR) is 92.9 cm³/mol. The Bertz CT molecular complexity index is 692. The van der Waals surface area contributed by atoms with Crippen LogP contribution in [0.5, 0.6) is 5.75 Å². The molecule has 0 aliphatic carbocycles. The van der Waals surface area contributed by atoms with Gasteiger partial charge in [-0.1, -0.05) is 30.3 Å². The predicted octanol–water partition coefficient (Wildman–Crippen LogP) is 2.87. The summed E-state index contributed by atoms with van der Waals surface area (Å²) in [5.41, 5.74) is 5.76. The summed E-state index contributed by atoms with van der Waals surface area (Å²) in [6, 6.07) is 14.2. The number of rotatable bonds is 4. The quantitative estimate of drug-likeness (QED) is 0.583. The molecule has 7 heteroatoms. The van der Waals surface area contributed by atoms with Gasteiger partial charge in [0.15, 0.2) is 0 Å². The molecule has 2 aromatic carbocycles. The third kappa shape index (κ3) is 5.13. The molecule has 0 bridgehead atoms. The van der Waals surface area contributed by atoms with Crippen LogP contribution < -0.4 is 15.6 Å². The van der Waals surface area contributed by atoms with Gasteiger partial charge in [-0.15, -0.1) is 0 Å². The van der Waals surface area contributed by atoms with E-state index in [9.17, 15) is 9.59 Å². The van der Waals surface area contributed by atoms with Crippen LogP contribution in [0.1, 0.15) is 15.9 Å². The summed E-state index contributed by atoms with van der Waals surface area (Å²) in [6.07, 6.45) is -0.731. The van der Waals surface area contributed by atoms with Crippen LogP contribution >= 0.6 is 22.6 Å². The van der Waals surface area contributed by atoms with E-state index in [0.717, 1.165) is 9.13 Å². The lowest BCUT2D eigenvalue weighted by Gasteiger charge is -2.09. The van der Waals surface area contributed by atoms with Gasteiger partial charge in [-0.3, -0.25) is 10.2 Å². The maximum absolute atomic E-state index is 11.9. The SMILES string of the molecule is COc1ccc(C(=O)NNC(=O)OCc2ccccc2)cc1I. The number of ether oxygens (including phenoxy) is 2. The molecule has 0 aliphatic rings. The van der Waals surface area contributed by atoms with E-state index < -0.39 is 12.0 Å². The van der Waals surface area contributed by atoms with Crippen molar-refractivity contribution in [3.05, 3.63) is 63.2 Å². The summed E-state index contributed by atoms with van der Waals surface area (Å²) in [7, 11) is 1.56. The second kappa shape index (κ2) is 8.37. The molecule has 0 radical (unpaired) electrons. The molecule has 120 valence electrons. The molecule has 0 saturated heterocycles. The summed E-state index contributed by atoms with van der Waals surface area (Å²) in [5, 5.41) is 0. The van der Waals surface area contributed by atoms with Crippen molar-refractivity contribution >= 4 is 34.6 Å². The van der Waals surface area contributed by atoms with Gasteiger partial charge in [0.2, 0.25) is 0 Å². The highest BCUT2D eigenvalue weighted by molar-refractivity contribution is 14.1. The fraction of sp³-hybridized carbons (Fsp3) is 0.125. The smallest absolute Gasteiger partial charge is 0.426 e. The number of carbonyl (C=O) groups excluding carboxylic acids is 2. The van der Waals surface area contributed by atoms with Gasteiger partial charge >= 0.3 is 6.09 Å². The number of hydrogen-bond donors (Lipinski definition) is 2. The molecule has 6 nitrogen and oxygen atoms in total. The number of carbonyl (C=O) groups is 2. The van der Waals surface area contributed by atoms with E-state index in [-0.39, 0.29) is 6.61 Å². The van der Waals surface area contributed by atoms with E-state index >= 15 is 0 Å². The lowest BCUT2D eigenvalue weighted by atomic mass is 10.2. The first-order valence-electron chi connectivity index (χ1n) is 6.70. The Labute approximate surface area is 147 Å². The minimum Gasteiger partial charge on any atom is -0.496 e. The van der Waals surface area contributed by atoms with Crippen LogP contribution in [-0.4, -0.2) is 19.1 Å². The van der Waals surface area contributed by atoms with Crippen LogP contribution in [0.25, 0.3) is 0 Å². The highest BCUT2D eigenvalue weighted by Crippen LogP contribution is 2.21. The molecule has 23 heavy (non-hydrogen) atoms. The minimum absolute atomic E-state index is 0.128. The highest BCUT2D eigenvalue weighted by atomic mass is 127. The zero-order valence-corrected chi connectivity index (χ0v) is 14.5. The molecule has 0 atom stereocenters. The maximum Gasteiger partial charge on any atom is 0.426 e. The number of benzene rings is 2. The average Bonchev–Trinajstić information content (AvgIpc) is 2.58. The third-order valence-electron chi connectivity index (χ3n) is 2.90. The molecule has 2 rings (SSSR count). The van der Waals surface area contributed by atoms with Crippen LogP contribution in [0, 0.1) is 3.57 Å². The molecule has 0 saturated carbocycles. The zero-order valence-electron chi connectivity index (χ0n) is 12.3. The number of hydrazine groups is 1. The number of nitrogens with one attached hydrogen (secondary N) is 2. The summed E-state index contributed by atoms with van der Waals surface area (Å²) < 4.78 is 10.9. The standard InChI is InChI=1S/C16H15IN2O4/c1-22-14-8-7-12(9-13(14)17)15(20)18-19-16(21)23-10-11-5-3-2-4-6-11/h2-9H,10H2,1H3,(H,18,20)(H,19,21). The van der Waals surface area contributed by atoms with E-state index in [4.69, 9.17) is 9.47 Å². The Balaban J connectivity index is 1.81. The molecule has 0 heterocycles. The average molecular weight is 426 g/mol. The van der Waals surface area contributed by atoms with E-state index in [2.05, 4.69) is 33.4 Å². The topological polar surface area (TPSA) is 76.7 Å². The van der Waals surface area contributed by atoms with Gasteiger partial charge < -0.3 is 9.47 Å². The first-order chi connectivity index (χ1) is 11.1. The van der Waals surface area contributed by atoms with Crippen molar-refractivity contribution in [2.45, 2.75) is 6.61 Å². The van der Waals surface area contributed by atoms with Gasteiger partial charge in [-0.25, -0.2) is 10.2 Å². The number of hydrogen-bond acceptors (Lipinski definition) is 4. The number of amides is 2. The van der Waals surface area contributed by atoms with Gasteiger partial charge in [-0.05, 0) is 46.4 Å². The van der Waals surface area contributed by atoms with Gasteiger partial charge in [0.25, 0.3) is 5.91 Å². The van der Waals surface area contributed by atoms with Crippen molar-refractivity contribution in [3.8, 4) is 5.75 Å². The van der Waals surface area contributed by atoms with E-state index in [0.29, 0.717) is 11.3 Å². The normalized spacial score (nSPS) is 9.83. The Morgan fingerprint density at radius 2 is 1.83 bits per heavy atom. The molecule has 0 aromatic heterocycles. The lowest BCUT2D eigenvalue weighted by molar-refractivity contribution is 0.0905. The second-order valence-corrected chi connectivity index (χ2v) is 5.65. The van der Waals surface area contributed by atoms with Crippen LogP contribution in [-0.2, 0) is 11.3 Å².